The highest BCUT2D eigenvalue weighted by Gasteiger charge is 2.30. The third-order valence-corrected chi connectivity index (χ3v) is 8.79. The number of sulfonamides is 1. The highest BCUT2D eigenvalue weighted by atomic mass is 32.2. The van der Waals surface area contributed by atoms with Gasteiger partial charge in [0.1, 0.15) is 23.7 Å². The molecule has 0 bridgehead atoms. The van der Waals surface area contributed by atoms with Gasteiger partial charge in [-0.2, -0.15) is 4.31 Å². The maximum absolute atomic E-state index is 13.6. The summed E-state index contributed by atoms with van der Waals surface area (Å²) >= 11 is 0. The normalized spacial score (nSPS) is 15.0. The summed E-state index contributed by atoms with van der Waals surface area (Å²) in [6, 6.07) is 4.63. The molecule has 40 heavy (non-hydrogen) atoms. The van der Waals surface area contributed by atoms with E-state index in [1.165, 1.54) is 16.4 Å². The SMILES string of the molecule is CCCOc1ccc(S(=O)(=O)N2CCN(CCO[N+](=O)[O-])CC2)cc1-c1nc2c(CCC)cn(CC)c2c(=O)[nH]1. The third-order valence-electron chi connectivity index (χ3n) is 6.90. The van der Waals surface area contributed by atoms with Crippen LogP contribution in [0.2, 0.25) is 0 Å². The molecule has 0 aliphatic carbocycles. The zero-order valence-electron chi connectivity index (χ0n) is 23.1. The van der Waals surface area contributed by atoms with Crippen molar-refractivity contribution >= 4 is 21.1 Å². The molecule has 3 heterocycles. The Morgan fingerprint density at radius 2 is 1.85 bits per heavy atom. The highest BCUT2D eigenvalue weighted by Crippen LogP contribution is 2.33. The Kier molecular flexibility index (Phi) is 9.43. The van der Waals surface area contributed by atoms with Crippen molar-refractivity contribution in [2.24, 2.45) is 0 Å². The lowest BCUT2D eigenvalue weighted by Gasteiger charge is -2.33. The second-order valence-corrected chi connectivity index (χ2v) is 11.5. The molecule has 1 fully saturated rings. The van der Waals surface area contributed by atoms with E-state index in [9.17, 15) is 23.3 Å². The molecule has 1 aliphatic heterocycles. The number of ether oxygens (including phenoxy) is 1. The quantitative estimate of drug-likeness (QED) is 0.239. The largest absolute Gasteiger partial charge is 0.493 e. The molecule has 1 aliphatic rings. The standard InChI is InChI=1S/C26H36N6O7S/c1-4-7-19-18-30(6-3)24-23(19)27-25(28-26(24)33)21-17-20(8-9-22(21)38-15-5-2)40(36,37)31-12-10-29(11-13-31)14-16-39-32(34)35/h8-9,17-18H,4-7,10-16H2,1-3H3,(H,27,28,33). The minimum Gasteiger partial charge on any atom is -0.493 e. The molecule has 218 valence electrons. The van der Waals surface area contributed by atoms with Gasteiger partial charge in [-0.25, -0.2) is 13.4 Å². The van der Waals surface area contributed by atoms with E-state index in [-0.39, 0.29) is 36.0 Å². The van der Waals surface area contributed by atoms with Gasteiger partial charge in [0.05, 0.1) is 22.6 Å². The van der Waals surface area contributed by atoms with Crippen molar-refractivity contribution in [1.82, 2.24) is 23.7 Å². The Morgan fingerprint density at radius 1 is 1.10 bits per heavy atom. The third kappa shape index (κ3) is 6.29. The zero-order valence-corrected chi connectivity index (χ0v) is 23.9. The van der Waals surface area contributed by atoms with Crippen molar-refractivity contribution in [2.45, 2.75) is 51.5 Å². The van der Waals surface area contributed by atoms with Crippen LogP contribution in [0.25, 0.3) is 22.4 Å². The van der Waals surface area contributed by atoms with Gasteiger partial charge in [-0.15, -0.1) is 10.1 Å². The van der Waals surface area contributed by atoms with E-state index in [0.29, 0.717) is 55.1 Å². The summed E-state index contributed by atoms with van der Waals surface area (Å²) in [6.45, 7) is 8.62. The molecule has 1 aromatic carbocycles. The average Bonchev–Trinajstić information content (AvgIpc) is 3.30. The van der Waals surface area contributed by atoms with Crippen LogP contribution >= 0.6 is 0 Å². The summed E-state index contributed by atoms with van der Waals surface area (Å²) in [5.74, 6) is 0.688. The molecule has 0 amide bonds. The Balaban J connectivity index is 1.68. The molecule has 0 atom stereocenters. The van der Waals surface area contributed by atoms with Crippen LogP contribution in [-0.4, -0.2) is 83.2 Å². The summed E-state index contributed by atoms with van der Waals surface area (Å²) in [7, 11) is -3.87. The Labute approximate surface area is 232 Å². The smallest absolute Gasteiger partial charge is 0.294 e. The van der Waals surface area contributed by atoms with E-state index in [1.54, 1.807) is 6.07 Å². The molecule has 1 saturated heterocycles. The molecule has 13 nitrogen and oxygen atoms in total. The number of rotatable bonds is 13. The van der Waals surface area contributed by atoms with E-state index in [0.717, 1.165) is 24.8 Å². The highest BCUT2D eigenvalue weighted by molar-refractivity contribution is 7.89. The van der Waals surface area contributed by atoms with Crippen molar-refractivity contribution in [1.29, 1.82) is 0 Å². The molecule has 2 aromatic heterocycles. The van der Waals surface area contributed by atoms with Crippen LogP contribution in [0.4, 0.5) is 0 Å². The van der Waals surface area contributed by atoms with Crippen molar-refractivity contribution in [3.05, 3.63) is 50.4 Å². The van der Waals surface area contributed by atoms with E-state index in [4.69, 9.17) is 9.72 Å². The first-order chi connectivity index (χ1) is 19.2. The van der Waals surface area contributed by atoms with Crippen molar-refractivity contribution < 1.29 is 23.1 Å². The Bertz CT molecular complexity index is 1510. The number of benzene rings is 1. The number of fused-ring (bicyclic) bond motifs is 1. The molecule has 0 spiro atoms. The fourth-order valence-electron chi connectivity index (χ4n) is 4.88. The first-order valence-corrected chi connectivity index (χ1v) is 15.0. The van der Waals surface area contributed by atoms with Gasteiger partial charge in [-0.05, 0) is 43.5 Å². The fraction of sp³-hybridized carbons (Fsp3) is 0.538. The minimum atomic E-state index is -3.87. The zero-order chi connectivity index (χ0) is 28.9. The van der Waals surface area contributed by atoms with Crippen LogP contribution in [0.1, 0.15) is 39.2 Å². The second-order valence-electron chi connectivity index (χ2n) is 9.61. The van der Waals surface area contributed by atoms with Gasteiger partial charge in [0.25, 0.3) is 10.6 Å². The first kappa shape index (κ1) is 29.5. The van der Waals surface area contributed by atoms with Gasteiger partial charge in [0.15, 0.2) is 0 Å². The molecular weight excluding hydrogens is 540 g/mol. The van der Waals surface area contributed by atoms with Crippen molar-refractivity contribution in [2.75, 3.05) is 45.9 Å². The predicted molar refractivity (Wildman–Crippen MR) is 149 cm³/mol. The van der Waals surface area contributed by atoms with Crippen LogP contribution in [0.3, 0.4) is 0 Å². The van der Waals surface area contributed by atoms with E-state index in [2.05, 4.69) is 16.7 Å². The maximum atomic E-state index is 13.6. The van der Waals surface area contributed by atoms with Gasteiger partial charge in [0, 0.05) is 45.5 Å². The van der Waals surface area contributed by atoms with Gasteiger partial charge in [-0.3, -0.25) is 9.69 Å². The molecule has 0 unspecified atom stereocenters. The topological polar surface area (TPSA) is 153 Å². The number of hydrogen-bond donors (Lipinski definition) is 1. The fourth-order valence-corrected chi connectivity index (χ4v) is 6.33. The monoisotopic (exact) mass is 576 g/mol. The van der Waals surface area contributed by atoms with Gasteiger partial charge < -0.3 is 19.1 Å². The first-order valence-electron chi connectivity index (χ1n) is 13.6. The van der Waals surface area contributed by atoms with Crippen LogP contribution in [0.15, 0.2) is 34.1 Å². The molecule has 4 rings (SSSR count). The van der Waals surface area contributed by atoms with Gasteiger partial charge >= 0.3 is 0 Å². The summed E-state index contributed by atoms with van der Waals surface area (Å²) in [4.78, 5) is 37.7. The van der Waals surface area contributed by atoms with Crippen molar-refractivity contribution in [3.63, 3.8) is 0 Å². The molecular formula is C26H36N6O7S. The summed E-state index contributed by atoms with van der Waals surface area (Å²) in [5.41, 5.74) is 2.17. The number of aromatic nitrogens is 3. The van der Waals surface area contributed by atoms with Crippen LogP contribution in [0.5, 0.6) is 5.75 Å². The van der Waals surface area contributed by atoms with E-state index < -0.39 is 15.1 Å². The average molecular weight is 577 g/mol. The minimum absolute atomic E-state index is 0.0686. The number of nitrogens with zero attached hydrogens (tertiary/aromatic N) is 5. The number of aromatic amines is 1. The number of aryl methyl sites for hydroxylation is 2. The molecule has 0 radical (unpaired) electrons. The van der Waals surface area contributed by atoms with Gasteiger partial charge in [-0.1, -0.05) is 20.3 Å². The summed E-state index contributed by atoms with van der Waals surface area (Å²) in [5, 5.41) is 9.54. The Hall–Kier alpha value is -3.49. The molecule has 14 heteroatoms. The predicted octanol–water partition coefficient (Wildman–Crippen LogP) is 2.67. The second kappa shape index (κ2) is 12.8. The van der Waals surface area contributed by atoms with Crippen LogP contribution < -0.4 is 10.3 Å². The van der Waals surface area contributed by atoms with Crippen molar-refractivity contribution in [3.8, 4) is 17.1 Å². The number of H-pyrrole nitrogens is 1. The number of piperazine rings is 1. The van der Waals surface area contributed by atoms with E-state index >= 15 is 0 Å². The van der Waals surface area contributed by atoms with E-state index in [1.807, 2.05) is 29.5 Å². The summed E-state index contributed by atoms with van der Waals surface area (Å²) < 4.78 is 36.5. The van der Waals surface area contributed by atoms with Gasteiger partial charge in [0.2, 0.25) is 10.0 Å². The number of hydrogen-bond acceptors (Lipinski definition) is 9. The molecule has 3 aromatic rings. The van der Waals surface area contributed by atoms with Crippen LogP contribution in [-0.2, 0) is 27.8 Å². The maximum Gasteiger partial charge on any atom is 0.294 e. The van der Waals surface area contributed by atoms with Crippen LogP contribution in [0, 0.1) is 10.1 Å². The number of nitrogens with one attached hydrogen (secondary N) is 1. The Morgan fingerprint density at radius 3 is 2.50 bits per heavy atom. The molecule has 1 N–H and O–H groups in total. The summed E-state index contributed by atoms with van der Waals surface area (Å²) in [6.07, 6.45) is 4.36. The lowest BCUT2D eigenvalue weighted by atomic mass is 10.1. The lowest BCUT2D eigenvalue weighted by Crippen LogP contribution is -2.49. The molecule has 0 saturated carbocycles. The lowest BCUT2D eigenvalue weighted by molar-refractivity contribution is -0.757.